The average molecular weight is 248 g/mol. The van der Waals surface area contributed by atoms with Gasteiger partial charge in [0.25, 0.3) is 0 Å². The van der Waals surface area contributed by atoms with Gasteiger partial charge in [-0.05, 0) is 39.0 Å². The lowest BCUT2D eigenvalue weighted by Crippen LogP contribution is -2.30. The molecule has 0 amide bonds. The van der Waals surface area contributed by atoms with Crippen LogP contribution in [0.25, 0.3) is 0 Å². The van der Waals surface area contributed by atoms with Crippen LogP contribution in [0.3, 0.4) is 0 Å². The highest BCUT2D eigenvalue weighted by Crippen LogP contribution is 2.29. The topological polar surface area (TPSA) is 41.6 Å². The van der Waals surface area contributed by atoms with E-state index in [1.165, 1.54) is 0 Å². The maximum atomic E-state index is 12.0. The number of rotatable bonds is 1. The van der Waals surface area contributed by atoms with Crippen molar-refractivity contribution in [1.82, 2.24) is 0 Å². The molecule has 0 spiro atoms. The van der Waals surface area contributed by atoms with Crippen molar-refractivity contribution in [2.45, 2.75) is 26.4 Å². The lowest BCUT2D eigenvalue weighted by Gasteiger charge is -2.29. The fourth-order valence-corrected chi connectivity index (χ4v) is 1.95. The molecule has 1 N–H and O–H groups in total. The molecule has 1 aliphatic heterocycles. The number of anilines is 2. The summed E-state index contributed by atoms with van der Waals surface area (Å²) in [5.74, 6) is -0.277. The lowest BCUT2D eigenvalue weighted by molar-refractivity contribution is 0.00696. The summed E-state index contributed by atoms with van der Waals surface area (Å²) in [6.45, 7) is 7.47. The maximum absolute atomic E-state index is 12.0. The van der Waals surface area contributed by atoms with E-state index in [1.54, 1.807) is 0 Å². The van der Waals surface area contributed by atoms with Crippen molar-refractivity contribution in [2.24, 2.45) is 0 Å². The summed E-state index contributed by atoms with van der Waals surface area (Å²) in [7, 11) is 2.05. The first-order chi connectivity index (χ1) is 8.37. The van der Waals surface area contributed by atoms with Crippen molar-refractivity contribution >= 4 is 17.3 Å². The van der Waals surface area contributed by atoms with Gasteiger partial charge in [-0.1, -0.05) is 0 Å². The fourth-order valence-electron chi connectivity index (χ4n) is 1.95. The van der Waals surface area contributed by atoms with E-state index in [1.807, 2.05) is 46.0 Å². The van der Waals surface area contributed by atoms with Crippen molar-refractivity contribution < 1.29 is 9.53 Å². The normalized spacial score (nSPS) is 14.8. The molecule has 4 nitrogen and oxygen atoms in total. The molecule has 0 aromatic heterocycles. The number of fused-ring (bicyclic) bond motifs is 1. The quantitative estimate of drug-likeness (QED) is 0.775. The van der Waals surface area contributed by atoms with Gasteiger partial charge in [0.05, 0.1) is 16.9 Å². The average Bonchev–Trinajstić information content (AvgIpc) is 2.26. The maximum Gasteiger partial charge on any atom is 0.338 e. The molecule has 0 atom stereocenters. The fraction of sp³-hybridized carbons (Fsp3) is 0.500. The van der Waals surface area contributed by atoms with Crippen LogP contribution in [0.5, 0.6) is 0 Å². The van der Waals surface area contributed by atoms with Gasteiger partial charge in [0.2, 0.25) is 0 Å². The van der Waals surface area contributed by atoms with Gasteiger partial charge in [0.15, 0.2) is 0 Å². The van der Waals surface area contributed by atoms with E-state index in [2.05, 4.69) is 10.2 Å². The minimum absolute atomic E-state index is 0.277. The zero-order valence-electron chi connectivity index (χ0n) is 11.4. The first-order valence-corrected chi connectivity index (χ1v) is 6.19. The number of nitrogens with zero attached hydrogens (tertiary/aromatic N) is 1. The Morgan fingerprint density at radius 1 is 1.39 bits per heavy atom. The van der Waals surface area contributed by atoms with Gasteiger partial charge in [-0.15, -0.1) is 0 Å². The molecule has 0 saturated heterocycles. The molecule has 4 heteroatoms. The summed E-state index contributed by atoms with van der Waals surface area (Å²) in [5, 5.41) is 3.30. The van der Waals surface area contributed by atoms with Crippen molar-refractivity contribution in [3.8, 4) is 0 Å². The molecule has 2 rings (SSSR count). The van der Waals surface area contributed by atoms with Crippen molar-refractivity contribution in [1.29, 1.82) is 0 Å². The van der Waals surface area contributed by atoms with Crippen molar-refractivity contribution in [3.05, 3.63) is 23.8 Å². The van der Waals surface area contributed by atoms with Gasteiger partial charge in [0.1, 0.15) is 5.60 Å². The SMILES string of the molecule is CN1CCNc2cc(C(=O)OC(C)(C)C)ccc21. The van der Waals surface area contributed by atoms with Crippen LogP contribution in [-0.4, -0.2) is 31.7 Å². The zero-order chi connectivity index (χ0) is 13.3. The third-order valence-corrected chi connectivity index (χ3v) is 2.81. The summed E-state index contributed by atoms with van der Waals surface area (Å²) in [4.78, 5) is 14.1. The highest BCUT2D eigenvalue weighted by Gasteiger charge is 2.20. The van der Waals surface area contributed by atoms with Crippen LogP contribution < -0.4 is 10.2 Å². The predicted octanol–water partition coefficient (Wildman–Crippen LogP) is 2.50. The van der Waals surface area contributed by atoms with Crippen LogP contribution in [0.15, 0.2) is 18.2 Å². The molecule has 0 saturated carbocycles. The Morgan fingerprint density at radius 3 is 2.78 bits per heavy atom. The number of ether oxygens (including phenoxy) is 1. The first-order valence-electron chi connectivity index (χ1n) is 6.19. The number of hydrogen-bond donors (Lipinski definition) is 1. The van der Waals surface area contributed by atoms with E-state index >= 15 is 0 Å². The smallest absolute Gasteiger partial charge is 0.338 e. The summed E-state index contributed by atoms with van der Waals surface area (Å²) < 4.78 is 5.36. The summed E-state index contributed by atoms with van der Waals surface area (Å²) in [6.07, 6.45) is 0. The van der Waals surface area contributed by atoms with E-state index in [-0.39, 0.29) is 5.97 Å². The van der Waals surface area contributed by atoms with Gasteiger partial charge in [0, 0.05) is 20.1 Å². The van der Waals surface area contributed by atoms with Crippen LogP contribution in [0.2, 0.25) is 0 Å². The third kappa shape index (κ3) is 2.75. The van der Waals surface area contributed by atoms with Crippen LogP contribution in [0.4, 0.5) is 11.4 Å². The molecule has 1 aromatic carbocycles. The largest absolute Gasteiger partial charge is 0.456 e. The monoisotopic (exact) mass is 248 g/mol. The highest BCUT2D eigenvalue weighted by atomic mass is 16.6. The number of nitrogens with one attached hydrogen (secondary N) is 1. The number of esters is 1. The van der Waals surface area contributed by atoms with Crippen LogP contribution in [0.1, 0.15) is 31.1 Å². The van der Waals surface area contributed by atoms with Gasteiger partial charge in [-0.25, -0.2) is 4.79 Å². The van der Waals surface area contributed by atoms with Crippen molar-refractivity contribution in [2.75, 3.05) is 30.4 Å². The van der Waals surface area contributed by atoms with Crippen LogP contribution >= 0.6 is 0 Å². The van der Waals surface area contributed by atoms with Gasteiger partial charge in [-0.2, -0.15) is 0 Å². The Morgan fingerprint density at radius 2 is 2.11 bits per heavy atom. The minimum Gasteiger partial charge on any atom is -0.456 e. The summed E-state index contributed by atoms with van der Waals surface area (Å²) >= 11 is 0. The number of hydrogen-bond acceptors (Lipinski definition) is 4. The molecule has 0 radical (unpaired) electrons. The van der Waals surface area contributed by atoms with Gasteiger partial charge < -0.3 is 15.0 Å². The van der Waals surface area contributed by atoms with Gasteiger partial charge >= 0.3 is 5.97 Å². The standard InChI is InChI=1S/C14H20N2O2/c1-14(2,3)18-13(17)10-5-6-12-11(9-10)15-7-8-16(12)4/h5-6,9,15H,7-8H2,1-4H3. The van der Waals surface area contributed by atoms with E-state index < -0.39 is 5.60 Å². The Hall–Kier alpha value is -1.71. The third-order valence-electron chi connectivity index (χ3n) is 2.81. The first kappa shape index (κ1) is 12.7. The van der Waals surface area contributed by atoms with Gasteiger partial charge in [-0.3, -0.25) is 0 Å². The van der Waals surface area contributed by atoms with Crippen LogP contribution in [-0.2, 0) is 4.74 Å². The van der Waals surface area contributed by atoms with E-state index in [0.29, 0.717) is 5.56 Å². The minimum atomic E-state index is -0.461. The number of benzene rings is 1. The zero-order valence-corrected chi connectivity index (χ0v) is 11.4. The molecule has 98 valence electrons. The number of likely N-dealkylation sites (N-methyl/N-ethyl adjacent to an activating group) is 1. The Kier molecular flexibility index (Phi) is 3.20. The van der Waals surface area contributed by atoms with Crippen LogP contribution in [0, 0.1) is 0 Å². The molecule has 0 bridgehead atoms. The molecule has 0 aliphatic carbocycles. The van der Waals surface area contributed by atoms with E-state index in [9.17, 15) is 4.79 Å². The second-order valence-electron chi connectivity index (χ2n) is 5.58. The highest BCUT2D eigenvalue weighted by molar-refractivity contribution is 5.92. The second-order valence-corrected chi connectivity index (χ2v) is 5.58. The number of carbonyl (C=O) groups excluding carboxylic acids is 1. The second kappa shape index (κ2) is 4.52. The Bertz CT molecular complexity index is 463. The molecular weight excluding hydrogens is 228 g/mol. The molecule has 18 heavy (non-hydrogen) atoms. The molecule has 1 heterocycles. The summed E-state index contributed by atoms with van der Waals surface area (Å²) in [6, 6.07) is 5.64. The molecule has 0 unspecified atom stereocenters. The summed E-state index contributed by atoms with van der Waals surface area (Å²) in [5.41, 5.74) is 2.24. The van der Waals surface area contributed by atoms with E-state index in [4.69, 9.17) is 4.74 Å². The molecule has 0 fully saturated rings. The van der Waals surface area contributed by atoms with E-state index in [0.717, 1.165) is 24.5 Å². The number of carbonyl (C=O) groups is 1. The Labute approximate surface area is 108 Å². The molecule has 1 aromatic rings. The predicted molar refractivity (Wildman–Crippen MR) is 73.4 cm³/mol. The Balaban J connectivity index is 2.23. The molecular formula is C14H20N2O2. The molecule has 1 aliphatic rings. The lowest BCUT2D eigenvalue weighted by atomic mass is 10.1. The van der Waals surface area contributed by atoms with Crippen molar-refractivity contribution in [3.63, 3.8) is 0 Å².